The Morgan fingerprint density at radius 2 is 1.21 bits per heavy atom. The number of carbonyl (C=O) groups excluding carboxylic acids is 2. The van der Waals surface area contributed by atoms with E-state index >= 15 is 0 Å². The summed E-state index contributed by atoms with van der Waals surface area (Å²) >= 11 is 0. The van der Waals surface area contributed by atoms with Crippen molar-refractivity contribution in [2.24, 2.45) is 0 Å². The highest BCUT2D eigenvalue weighted by Crippen LogP contribution is 2.25. The summed E-state index contributed by atoms with van der Waals surface area (Å²) in [7, 11) is 0. The Morgan fingerprint density at radius 1 is 0.857 bits per heavy atom. The van der Waals surface area contributed by atoms with E-state index in [1.807, 2.05) is 0 Å². The highest BCUT2D eigenvalue weighted by molar-refractivity contribution is 6.18. The number of allylic oxidation sites excluding steroid dienone is 2. The lowest BCUT2D eigenvalue weighted by molar-refractivity contribution is -0.115. The molecule has 14 heavy (non-hydrogen) atoms. The monoisotopic (exact) mass is 192 g/mol. The molecule has 2 aliphatic carbocycles. The van der Waals surface area contributed by atoms with Crippen LogP contribution in [0, 0.1) is 0 Å². The van der Waals surface area contributed by atoms with Gasteiger partial charge in [-0.3, -0.25) is 9.59 Å². The predicted octanol–water partition coefficient (Wildman–Crippen LogP) is -0.717. The summed E-state index contributed by atoms with van der Waals surface area (Å²) in [5, 5.41) is 18.9. The van der Waals surface area contributed by atoms with Crippen LogP contribution < -0.4 is 0 Å². The predicted molar refractivity (Wildman–Crippen MR) is 47.3 cm³/mol. The molecule has 0 spiro atoms. The summed E-state index contributed by atoms with van der Waals surface area (Å²) in [6.07, 6.45) is 2.64. The average Bonchev–Trinajstić information content (AvgIpc) is 2.16. The zero-order valence-corrected chi connectivity index (χ0v) is 7.18. The van der Waals surface area contributed by atoms with Crippen molar-refractivity contribution in [1.29, 1.82) is 0 Å². The lowest BCUT2D eigenvalue weighted by Gasteiger charge is -2.23. The van der Waals surface area contributed by atoms with Gasteiger partial charge in [0.25, 0.3) is 0 Å². The molecule has 0 aromatic rings. The van der Waals surface area contributed by atoms with E-state index in [2.05, 4.69) is 0 Å². The van der Waals surface area contributed by atoms with Gasteiger partial charge in [-0.1, -0.05) is 0 Å². The minimum atomic E-state index is -1.09. The molecule has 0 radical (unpaired) electrons. The molecule has 2 unspecified atom stereocenters. The molecule has 2 N–H and O–H groups in total. The first-order valence-corrected chi connectivity index (χ1v) is 4.16. The number of aliphatic hydroxyl groups is 2. The molecule has 2 atom stereocenters. The van der Waals surface area contributed by atoms with E-state index in [1.165, 1.54) is 24.3 Å². The van der Waals surface area contributed by atoms with Gasteiger partial charge in [0.1, 0.15) is 12.2 Å². The van der Waals surface area contributed by atoms with E-state index in [0.717, 1.165) is 0 Å². The van der Waals surface area contributed by atoms with Crippen molar-refractivity contribution in [1.82, 2.24) is 0 Å². The molecule has 0 aromatic carbocycles. The van der Waals surface area contributed by atoms with E-state index in [0.29, 0.717) is 0 Å². The summed E-state index contributed by atoms with van der Waals surface area (Å²) in [5.41, 5.74) is -0.0139. The highest BCUT2D eigenvalue weighted by atomic mass is 16.3. The van der Waals surface area contributed by atoms with Gasteiger partial charge in [0, 0.05) is 11.1 Å². The third-order valence-corrected chi connectivity index (χ3v) is 2.27. The fourth-order valence-electron chi connectivity index (χ4n) is 1.60. The van der Waals surface area contributed by atoms with Crippen molar-refractivity contribution in [3.8, 4) is 0 Å². The maximum absolute atomic E-state index is 11.3. The van der Waals surface area contributed by atoms with Crippen LogP contribution in [0.3, 0.4) is 0 Å². The number of aliphatic hydroxyl groups excluding tert-OH is 2. The van der Waals surface area contributed by atoms with Crippen LogP contribution in [0.5, 0.6) is 0 Å². The van der Waals surface area contributed by atoms with E-state index < -0.39 is 23.8 Å². The topological polar surface area (TPSA) is 74.6 Å². The molecule has 0 bridgehead atoms. The first-order chi connectivity index (χ1) is 6.61. The Kier molecular flexibility index (Phi) is 1.94. The molecule has 72 valence electrons. The fraction of sp³-hybridized carbons (Fsp3) is 0.200. The molecule has 0 aromatic heterocycles. The normalized spacial score (nSPS) is 31.0. The van der Waals surface area contributed by atoms with Crippen LogP contribution in [0.2, 0.25) is 0 Å². The third kappa shape index (κ3) is 1.16. The van der Waals surface area contributed by atoms with E-state index in [-0.39, 0.29) is 11.1 Å². The van der Waals surface area contributed by atoms with E-state index in [9.17, 15) is 19.8 Å². The second-order valence-corrected chi connectivity index (χ2v) is 3.16. The van der Waals surface area contributed by atoms with Gasteiger partial charge < -0.3 is 10.2 Å². The molecule has 0 saturated heterocycles. The number of carbonyl (C=O) groups is 2. The first-order valence-electron chi connectivity index (χ1n) is 4.16. The maximum atomic E-state index is 11.3. The first kappa shape index (κ1) is 9.05. The van der Waals surface area contributed by atoms with Crippen molar-refractivity contribution < 1.29 is 19.8 Å². The molecule has 2 aliphatic rings. The summed E-state index contributed by atoms with van der Waals surface area (Å²) in [6, 6.07) is 0. The second-order valence-electron chi connectivity index (χ2n) is 3.16. The summed E-state index contributed by atoms with van der Waals surface area (Å²) < 4.78 is 0. The average molecular weight is 192 g/mol. The smallest absolute Gasteiger partial charge is 0.185 e. The van der Waals surface area contributed by atoms with Gasteiger partial charge in [0.05, 0.1) is 0 Å². The van der Waals surface area contributed by atoms with Gasteiger partial charge in [-0.2, -0.15) is 0 Å². The maximum Gasteiger partial charge on any atom is 0.185 e. The van der Waals surface area contributed by atoms with Crippen LogP contribution in [0.15, 0.2) is 35.5 Å². The molecule has 2 rings (SSSR count). The zero-order chi connectivity index (χ0) is 10.3. The quantitative estimate of drug-likeness (QED) is 0.531. The van der Waals surface area contributed by atoms with Crippen molar-refractivity contribution in [2.45, 2.75) is 12.2 Å². The van der Waals surface area contributed by atoms with Gasteiger partial charge in [-0.05, 0) is 24.3 Å². The second kappa shape index (κ2) is 3.01. The van der Waals surface area contributed by atoms with Crippen LogP contribution in [0.25, 0.3) is 0 Å². The van der Waals surface area contributed by atoms with Gasteiger partial charge in [-0.25, -0.2) is 0 Å². The summed E-state index contributed by atoms with van der Waals surface area (Å²) in [5.74, 6) is -0.842. The Balaban J connectivity index is 2.55. The Labute approximate surface area is 79.9 Å². The number of hydrogen-bond donors (Lipinski definition) is 2. The Hall–Kier alpha value is -1.52. The minimum Gasteiger partial charge on any atom is -0.384 e. The fourth-order valence-corrected chi connectivity index (χ4v) is 1.60. The Bertz CT molecular complexity index is 362. The number of ketones is 2. The third-order valence-electron chi connectivity index (χ3n) is 2.27. The molecule has 0 amide bonds. The van der Waals surface area contributed by atoms with E-state index in [4.69, 9.17) is 0 Å². The lowest BCUT2D eigenvalue weighted by atomic mass is 9.84. The molecule has 4 nitrogen and oxygen atoms in total. The molecule has 0 heterocycles. The van der Waals surface area contributed by atoms with Crippen LogP contribution in [-0.2, 0) is 9.59 Å². The molecule has 0 saturated carbocycles. The van der Waals surface area contributed by atoms with Gasteiger partial charge in [0.15, 0.2) is 11.6 Å². The van der Waals surface area contributed by atoms with Crippen molar-refractivity contribution in [3.63, 3.8) is 0 Å². The van der Waals surface area contributed by atoms with Crippen LogP contribution in [-0.4, -0.2) is 34.0 Å². The molecule has 0 fully saturated rings. The SMILES string of the molecule is O=C1C=CC(O)C2=C1C(O)C=CC2=O. The molecular weight excluding hydrogens is 184 g/mol. The summed E-state index contributed by atoms with van der Waals surface area (Å²) in [6.45, 7) is 0. The van der Waals surface area contributed by atoms with Crippen molar-refractivity contribution in [2.75, 3.05) is 0 Å². The molecule has 0 aliphatic heterocycles. The van der Waals surface area contributed by atoms with Crippen LogP contribution >= 0.6 is 0 Å². The zero-order valence-electron chi connectivity index (χ0n) is 7.18. The number of hydrogen-bond acceptors (Lipinski definition) is 4. The minimum absolute atomic E-state index is 0.00694. The Morgan fingerprint density at radius 3 is 1.57 bits per heavy atom. The standard InChI is InChI=1S/C10H8O4/c11-5-1-2-6(12)10-8(14)4-3-7(13)9(5)10/h1-5,8,11,14H. The van der Waals surface area contributed by atoms with Gasteiger partial charge in [-0.15, -0.1) is 0 Å². The lowest BCUT2D eigenvalue weighted by Crippen LogP contribution is -2.31. The molecule has 4 heteroatoms. The highest BCUT2D eigenvalue weighted by Gasteiger charge is 2.32. The van der Waals surface area contributed by atoms with Crippen molar-refractivity contribution >= 4 is 11.6 Å². The van der Waals surface area contributed by atoms with E-state index in [1.54, 1.807) is 0 Å². The van der Waals surface area contributed by atoms with Crippen LogP contribution in [0.1, 0.15) is 0 Å². The van der Waals surface area contributed by atoms with Crippen molar-refractivity contribution in [3.05, 3.63) is 35.5 Å². The molecular formula is C10H8O4. The largest absolute Gasteiger partial charge is 0.384 e. The number of rotatable bonds is 0. The summed E-state index contributed by atoms with van der Waals surface area (Å²) in [4.78, 5) is 22.7. The van der Waals surface area contributed by atoms with Crippen LogP contribution in [0.4, 0.5) is 0 Å². The van der Waals surface area contributed by atoms with Gasteiger partial charge in [0.2, 0.25) is 0 Å². The van der Waals surface area contributed by atoms with Gasteiger partial charge >= 0.3 is 0 Å².